The van der Waals surface area contributed by atoms with E-state index >= 15 is 0 Å². The number of rotatable bonds is 5. The summed E-state index contributed by atoms with van der Waals surface area (Å²) in [6.45, 7) is 3.48. The molecule has 1 fully saturated rings. The van der Waals surface area contributed by atoms with E-state index in [2.05, 4.69) is 6.92 Å². The van der Waals surface area contributed by atoms with Crippen LogP contribution < -0.4 is 9.47 Å². The van der Waals surface area contributed by atoms with Gasteiger partial charge in [-0.1, -0.05) is 13.3 Å². The van der Waals surface area contributed by atoms with Crippen molar-refractivity contribution in [3.8, 4) is 11.5 Å². The number of carbonyl (C=O) groups excluding carboxylic acids is 1. The van der Waals surface area contributed by atoms with Gasteiger partial charge in [0.05, 0.1) is 14.2 Å². The van der Waals surface area contributed by atoms with Crippen molar-refractivity contribution in [2.45, 2.75) is 38.8 Å². The van der Waals surface area contributed by atoms with Crippen LogP contribution in [0.2, 0.25) is 0 Å². The molecule has 5 nitrogen and oxygen atoms in total. The van der Waals surface area contributed by atoms with Crippen LogP contribution in [0, 0.1) is 0 Å². The van der Waals surface area contributed by atoms with Gasteiger partial charge in [0, 0.05) is 19.5 Å². The number of amides is 1. The molecule has 0 aromatic heterocycles. The Labute approximate surface area is 142 Å². The molecule has 1 atom stereocenters. The second-order valence-electron chi connectivity index (χ2n) is 5.95. The third kappa shape index (κ3) is 2.65. The predicted molar refractivity (Wildman–Crippen MR) is 91.8 cm³/mol. The maximum Gasteiger partial charge on any atom is 0.251 e. The van der Waals surface area contributed by atoms with Crippen LogP contribution in [0.25, 0.3) is 0 Å². The summed E-state index contributed by atoms with van der Waals surface area (Å²) in [5.41, 5.74) is 2.28. The molecule has 0 saturated carbocycles. The van der Waals surface area contributed by atoms with Gasteiger partial charge in [-0.3, -0.25) is 9.69 Å². The molecule has 1 aromatic carbocycles. The van der Waals surface area contributed by atoms with Gasteiger partial charge in [0.15, 0.2) is 16.6 Å². The normalized spacial score (nSPS) is 19.7. The van der Waals surface area contributed by atoms with Gasteiger partial charge in [-0.2, -0.15) is 0 Å². The average Bonchev–Trinajstić information content (AvgIpc) is 2.80. The van der Waals surface area contributed by atoms with Crippen molar-refractivity contribution in [1.29, 1.82) is 0 Å². The van der Waals surface area contributed by atoms with Gasteiger partial charge in [0.25, 0.3) is 5.91 Å². The highest BCUT2D eigenvalue weighted by Gasteiger charge is 2.44. The van der Waals surface area contributed by atoms with E-state index in [1.54, 1.807) is 19.1 Å². The van der Waals surface area contributed by atoms with Gasteiger partial charge in [0.2, 0.25) is 0 Å². The number of ether oxygens (including phenoxy) is 2. The number of fused-ring (bicyclic) bond motifs is 2. The maximum absolute atomic E-state index is 12.7. The molecule has 2 aliphatic heterocycles. The summed E-state index contributed by atoms with van der Waals surface area (Å²) < 4.78 is 10.8. The van der Waals surface area contributed by atoms with E-state index < -0.39 is 0 Å². The molecular formula is C17H22N2O3S. The van der Waals surface area contributed by atoms with Crippen molar-refractivity contribution in [3.63, 3.8) is 0 Å². The predicted octanol–water partition coefficient (Wildman–Crippen LogP) is 2.36. The molecule has 0 bridgehead atoms. The van der Waals surface area contributed by atoms with E-state index in [9.17, 15) is 4.79 Å². The van der Waals surface area contributed by atoms with Crippen molar-refractivity contribution in [2.24, 2.45) is 0 Å². The number of hydrogen-bond donors (Lipinski definition) is 0. The van der Waals surface area contributed by atoms with E-state index in [1.165, 1.54) is 0 Å². The Bertz CT molecular complexity index is 596. The Morgan fingerprint density at radius 3 is 2.48 bits per heavy atom. The Morgan fingerprint density at radius 1 is 1.22 bits per heavy atom. The van der Waals surface area contributed by atoms with Crippen LogP contribution in [0.3, 0.4) is 0 Å². The SMILES string of the molecule is CCCCN1C(=O)[C@@H]2Cc3cc(OC)c(OC)cc3CN2C1=S. The highest BCUT2D eigenvalue weighted by Crippen LogP contribution is 2.37. The van der Waals surface area contributed by atoms with Gasteiger partial charge in [-0.05, 0) is 41.9 Å². The van der Waals surface area contributed by atoms with Crippen molar-refractivity contribution in [2.75, 3.05) is 20.8 Å². The molecule has 1 saturated heterocycles. The number of hydrogen-bond acceptors (Lipinski definition) is 4. The quantitative estimate of drug-likeness (QED) is 0.773. The van der Waals surface area contributed by atoms with E-state index in [-0.39, 0.29) is 11.9 Å². The van der Waals surface area contributed by atoms with E-state index in [0.29, 0.717) is 36.1 Å². The third-order valence-electron chi connectivity index (χ3n) is 4.60. The lowest BCUT2D eigenvalue weighted by atomic mass is 9.94. The largest absolute Gasteiger partial charge is 0.493 e. The topological polar surface area (TPSA) is 42.0 Å². The van der Waals surface area contributed by atoms with Crippen molar-refractivity contribution in [1.82, 2.24) is 9.80 Å². The second-order valence-corrected chi connectivity index (χ2v) is 6.31. The smallest absolute Gasteiger partial charge is 0.251 e. The molecule has 23 heavy (non-hydrogen) atoms. The molecule has 0 radical (unpaired) electrons. The van der Waals surface area contributed by atoms with Gasteiger partial charge in [-0.25, -0.2) is 0 Å². The molecule has 3 rings (SSSR count). The van der Waals surface area contributed by atoms with Crippen LogP contribution in [0.4, 0.5) is 0 Å². The van der Waals surface area contributed by atoms with Crippen molar-refractivity contribution >= 4 is 23.2 Å². The van der Waals surface area contributed by atoms with Crippen molar-refractivity contribution < 1.29 is 14.3 Å². The molecule has 0 aliphatic carbocycles. The Hall–Kier alpha value is -1.82. The zero-order valence-electron chi connectivity index (χ0n) is 13.8. The first-order chi connectivity index (χ1) is 11.1. The molecule has 124 valence electrons. The van der Waals surface area contributed by atoms with Gasteiger partial charge in [-0.15, -0.1) is 0 Å². The Morgan fingerprint density at radius 2 is 1.87 bits per heavy atom. The molecular weight excluding hydrogens is 312 g/mol. The number of unbranched alkanes of at least 4 members (excludes halogenated alkanes) is 1. The summed E-state index contributed by atoms with van der Waals surface area (Å²) in [5, 5.41) is 0.661. The van der Waals surface area contributed by atoms with Crippen LogP contribution in [-0.4, -0.2) is 47.6 Å². The van der Waals surface area contributed by atoms with E-state index in [0.717, 1.165) is 24.0 Å². The Kier molecular flexibility index (Phi) is 4.43. The molecule has 0 spiro atoms. The number of carbonyl (C=O) groups is 1. The van der Waals surface area contributed by atoms with Crippen LogP contribution in [-0.2, 0) is 17.8 Å². The standard InChI is InChI=1S/C17H22N2O3S/c1-4-5-6-18-16(20)13-7-11-8-14(21-2)15(22-3)9-12(11)10-19(13)17(18)23/h8-9,13H,4-7,10H2,1-3H3/t13-/m0/s1. The summed E-state index contributed by atoms with van der Waals surface area (Å²) in [6, 6.07) is 3.80. The first-order valence-corrected chi connectivity index (χ1v) is 8.37. The monoisotopic (exact) mass is 334 g/mol. The Balaban J connectivity index is 1.90. The zero-order chi connectivity index (χ0) is 16.6. The summed E-state index contributed by atoms with van der Waals surface area (Å²) in [4.78, 5) is 16.5. The minimum Gasteiger partial charge on any atom is -0.493 e. The number of nitrogens with zero attached hydrogens (tertiary/aromatic N) is 2. The lowest BCUT2D eigenvalue weighted by Gasteiger charge is -2.31. The summed E-state index contributed by atoms with van der Waals surface area (Å²) in [7, 11) is 3.26. The van der Waals surface area contributed by atoms with Gasteiger partial charge < -0.3 is 14.4 Å². The highest BCUT2D eigenvalue weighted by atomic mass is 32.1. The second kappa shape index (κ2) is 6.35. The molecule has 2 aliphatic rings. The van der Waals surface area contributed by atoms with Crippen molar-refractivity contribution in [3.05, 3.63) is 23.3 Å². The number of benzene rings is 1. The first kappa shape index (κ1) is 16.1. The lowest BCUT2D eigenvalue weighted by Crippen LogP contribution is -2.40. The van der Waals surface area contributed by atoms with Crippen LogP contribution >= 0.6 is 12.2 Å². The number of methoxy groups -OCH3 is 2. The lowest BCUT2D eigenvalue weighted by molar-refractivity contribution is -0.128. The van der Waals surface area contributed by atoms with Gasteiger partial charge >= 0.3 is 0 Å². The fraction of sp³-hybridized carbons (Fsp3) is 0.529. The summed E-state index contributed by atoms with van der Waals surface area (Å²) in [6.07, 6.45) is 2.68. The molecule has 1 amide bonds. The van der Waals surface area contributed by atoms with E-state index in [4.69, 9.17) is 21.7 Å². The van der Waals surface area contributed by atoms with E-state index in [1.807, 2.05) is 17.0 Å². The average molecular weight is 334 g/mol. The molecule has 0 unspecified atom stereocenters. The highest BCUT2D eigenvalue weighted by molar-refractivity contribution is 7.80. The van der Waals surface area contributed by atoms with Crippen LogP contribution in [0.1, 0.15) is 30.9 Å². The number of thiocarbonyl (C=S) groups is 1. The van der Waals surface area contributed by atoms with Gasteiger partial charge in [0.1, 0.15) is 6.04 Å². The third-order valence-corrected chi connectivity index (χ3v) is 5.05. The molecule has 6 heteroatoms. The zero-order valence-corrected chi connectivity index (χ0v) is 14.6. The van der Waals surface area contributed by atoms with Crippen LogP contribution in [0.5, 0.6) is 11.5 Å². The summed E-state index contributed by atoms with van der Waals surface area (Å²) in [5.74, 6) is 1.54. The van der Waals surface area contributed by atoms with Crippen LogP contribution in [0.15, 0.2) is 12.1 Å². The fourth-order valence-corrected chi connectivity index (χ4v) is 3.66. The summed E-state index contributed by atoms with van der Waals surface area (Å²) >= 11 is 5.54. The minimum absolute atomic E-state index is 0.129. The first-order valence-electron chi connectivity index (χ1n) is 7.96. The molecule has 0 N–H and O–H groups in total. The minimum atomic E-state index is -0.176. The maximum atomic E-state index is 12.7. The molecule has 2 heterocycles. The fourth-order valence-electron chi connectivity index (χ4n) is 3.29. The molecule has 1 aromatic rings.